The molecule has 0 radical (unpaired) electrons. The molecule has 1 aromatic carbocycles. The third-order valence-electron chi connectivity index (χ3n) is 2.64. The maximum absolute atomic E-state index is 11.5. The van der Waals surface area contributed by atoms with E-state index in [1.165, 1.54) is 11.3 Å². The Morgan fingerprint density at radius 2 is 2.30 bits per heavy atom. The quantitative estimate of drug-likeness (QED) is 0.811. The van der Waals surface area contributed by atoms with Crippen LogP contribution in [-0.4, -0.2) is 10.9 Å². The van der Waals surface area contributed by atoms with E-state index in [0.717, 1.165) is 27.8 Å². The average molecular weight is 374 g/mol. The van der Waals surface area contributed by atoms with Gasteiger partial charge in [-0.2, -0.15) is 0 Å². The second kappa shape index (κ2) is 7.20. The lowest BCUT2D eigenvalue weighted by molar-refractivity contribution is -0.116. The summed E-state index contributed by atoms with van der Waals surface area (Å²) in [7, 11) is 0. The molecule has 3 nitrogen and oxygen atoms in total. The lowest BCUT2D eigenvalue weighted by Crippen LogP contribution is -2.09. The van der Waals surface area contributed by atoms with Gasteiger partial charge in [0.2, 0.25) is 5.91 Å². The largest absolute Gasteiger partial charge is 0.302 e. The van der Waals surface area contributed by atoms with Gasteiger partial charge in [-0.3, -0.25) is 4.79 Å². The highest BCUT2D eigenvalue weighted by atomic mass is 79.9. The molecule has 2 rings (SSSR count). The fourth-order valence-corrected chi connectivity index (χ4v) is 3.02. The topological polar surface area (TPSA) is 42.0 Å². The van der Waals surface area contributed by atoms with Gasteiger partial charge in [0.1, 0.15) is 0 Å². The molecule has 0 atom stereocenters. The zero-order valence-electron chi connectivity index (χ0n) is 11.0. The molecule has 1 aromatic heterocycles. The number of thiazole rings is 1. The minimum Gasteiger partial charge on any atom is -0.302 e. The molecule has 0 aliphatic heterocycles. The Balaban J connectivity index is 2.02. The van der Waals surface area contributed by atoms with E-state index >= 15 is 0 Å². The van der Waals surface area contributed by atoms with Gasteiger partial charge in [0.15, 0.2) is 5.13 Å². The third-order valence-corrected chi connectivity index (χ3v) is 4.78. The minimum absolute atomic E-state index is 0.0140. The number of rotatable bonds is 5. The van der Waals surface area contributed by atoms with Crippen LogP contribution in [0.2, 0.25) is 5.02 Å². The van der Waals surface area contributed by atoms with E-state index < -0.39 is 0 Å². The molecule has 0 aliphatic rings. The van der Waals surface area contributed by atoms with E-state index in [-0.39, 0.29) is 5.91 Å². The molecule has 106 valence electrons. The van der Waals surface area contributed by atoms with E-state index in [1.54, 1.807) is 6.20 Å². The van der Waals surface area contributed by atoms with Crippen molar-refractivity contribution in [3.05, 3.63) is 44.3 Å². The highest BCUT2D eigenvalue weighted by Gasteiger charge is 2.07. The first-order valence-electron chi connectivity index (χ1n) is 6.27. The standard InChI is InChI=1S/C14H14BrClN2OS/c1-2-3-13(19)18-14-17-8-10(20-14)6-9-4-5-11(15)12(16)7-9/h4-5,7-8H,2-3,6H2,1H3,(H,17,18,19). The van der Waals surface area contributed by atoms with Crippen molar-refractivity contribution < 1.29 is 4.79 Å². The van der Waals surface area contributed by atoms with Gasteiger partial charge < -0.3 is 5.32 Å². The van der Waals surface area contributed by atoms with Gasteiger partial charge in [-0.15, -0.1) is 11.3 Å². The highest BCUT2D eigenvalue weighted by Crippen LogP contribution is 2.26. The van der Waals surface area contributed by atoms with Crippen molar-refractivity contribution in [1.29, 1.82) is 0 Å². The Bertz CT molecular complexity index is 615. The minimum atomic E-state index is 0.0140. The van der Waals surface area contributed by atoms with Gasteiger partial charge in [-0.1, -0.05) is 24.6 Å². The summed E-state index contributed by atoms with van der Waals surface area (Å²) in [5, 5.41) is 4.16. The smallest absolute Gasteiger partial charge is 0.226 e. The number of anilines is 1. The van der Waals surface area contributed by atoms with Crippen molar-refractivity contribution in [1.82, 2.24) is 4.98 Å². The van der Waals surface area contributed by atoms with Crippen LogP contribution in [0, 0.1) is 0 Å². The summed E-state index contributed by atoms with van der Waals surface area (Å²) in [6.07, 6.45) is 3.91. The summed E-state index contributed by atoms with van der Waals surface area (Å²) in [4.78, 5) is 16.8. The van der Waals surface area contributed by atoms with E-state index in [9.17, 15) is 4.79 Å². The summed E-state index contributed by atoms with van der Waals surface area (Å²) >= 11 is 10.9. The van der Waals surface area contributed by atoms with Gasteiger partial charge in [0.05, 0.1) is 5.02 Å². The van der Waals surface area contributed by atoms with Crippen LogP contribution in [0.1, 0.15) is 30.2 Å². The van der Waals surface area contributed by atoms with Crippen molar-refractivity contribution in [2.75, 3.05) is 5.32 Å². The van der Waals surface area contributed by atoms with Crippen molar-refractivity contribution in [3.63, 3.8) is 0 Å². The number of benzene rings is 1. The van der Waals surface area contributed by atoms with Gasteiger partial charge in [0.25, 0.3) is 0 Å². The number of nitrogens with zero attached hydrogens (tertiary/aromatic N) is 1. The van der Waals surface area contributed by atoms with Crippen LogP contribution in [0.25, 0.3) is 0 Å². The number of nitrogens with one attached hydrogen (secondary N) is 1. The molecule has 0 saturated heterocycles. The first kappa shape index (κ1) is 15.5. The zero-order chi connectivity index (χ0) is 14.5. The molecular formula is C14H14BrClN2OS. The summed E-state index contributed by atoms with van der Waals surface area (Å²) in [6.45, 7) is 1.98. The van der Waals surface area contributed by atoms with Gasteiger partial charge in [0, 0.05) is 28.4 Å². The number of carbonyl (C=O) groups excluding carboxylic acids is 1. The Hall–Kier alpha value is -0.910. The van der Waals surface area contributed by atoms with Gasteiger partial charge in [-0.05, 0) is 40.0 Å². The second-order valence-corrected chi connectivity index (χ2v) is 6.73. The van der Waals surface area contributed by atoms with Crippen LogP contribution in [0.5, 0.6) is 0 Å². The third kappa shape index (κ3) is 4.30. The average Bonchev–Trinajstić information content (AvgIpc) is 2.81. The molecular weight excluding hydrogens is 360 g/mol. The normalized spacial score (nSPS) is 10.6. The maximum Gasteiger partial charge on any atom is 0.226 e. The molecule has 0 fully saturated rings. The number of carbonyl (C=O) groups is 1. The van der Waals surface area contributed by atoms with Crippen molar-refractivity contribution in [3.8, 4) is 0 Å². The van der Waals surface area contributed by atoms with E-state index in [1.807, 2.05) is 25.1 Å². The monoisotopic (exact) mass is 372 g/mol. The van der Waals surface area contributed by atoms with Crippen LogP contribution in [0.4, 0.5) is 5.13 Å². The van der Waals surface area contributed by atoms with Gasteiger partial charge >= 0.3 is 0 Å². The Labute approximate surface area is 135 Å². The van der Waals surface area contributed by atoms with E-state index in [2.05, 4.69) is 26.2 Å². The predicted octanol–water partition coefficient (Wildman–Crippen LogP) is 4.89. The molecule has 2 aromatic rings. The second-order valence-electron chi connectivity index (χ2n) is 4.36. The molecule has 0 saturated carbocycles. The molecule has 0 bridgehead atoms. The number of halogens is 2. The van der Waals surface area contributed by atoms with Crippen LogP contribution in [0.3, 0.4) is 0 Å². The van der Waals surface area contributed by atoms with E-state index in [0.29, 0.717) is 16.6 Å². The molecule has 0 aliphatic carbocycles. The molecule has 0 unspecified atom stereocenters. The molecule has 1 heterocycles. The highest BCUT2D eigenvalue weighted by molar-refractivity contribution is 9.10. The number of amides is 1. The first-order chi connectivity index (χ1) is 9.58. The van der Waals surface area contributed by atoms with Crippen LogP contribution in [-0.2, 0) is 11.2 Å². The summed E-state index contributed by atoms with van der Waals surface area (Å²) in [6, 6.07) is 5.88. The molecule has 20 heavy (non-hydrogen) atoms. The summed E-state index contributed by atoms with van der Waals surface area (Å²) < 4.78 is 0.889. The lowest BCUT2D eigenvalue weighted by atomic mass is 10.1. The lowest BCUT2D eigenvalue weighted by Gasteiger charge is -2.01. The first-order valence-corrected chi connectivity index (χ1v) is 8.25. The number of aromatic nitrogens is 1. The number of hydrogen-bond acceptors (Lipinski definition) is 3. The fraction of sp³-hybridized carbons (Fsp3) is 0.286. The van der Waals surface area contributed by atoms with Crippen LogP contribution >= 0.6 is 38.9 Å². The summed E-state index contributed by atoms with van der Waals surface area (Å²) in [5.74, 6) is 0.0140. The van der Waals surface area contributed by atoms with Gasteiger partial charge in [-0.25, -0.2) is 4.98 Å². The van der Waals surface area contributed by atoms with Crippen molar-refractivity contribution >= 4 is 49.9 Å². The van der Waals surface area contributed by atoms with Crippen LogP contribution in [0.15, 0.2) is 28.9 Å². The Morgan fingerprint density at radius 3 is 3.00 bits per heavy atom. The Kier molecular flexibility index (Phi) is 5.57. The van der Waals surface area contributed by atoms with Crippen molar-refractivity contribution in [2.24, 2.45) is 0 Å². The molecule has 1 N–H and O–H groups in total. The SMILES string of the molecule is CCCC(=O)Nc1ncc(Cc2ccc(Br)c(Cl)c2)s1. The molecule has 0 spiro atoms. The predicted molar refractivity (Wildman–Crippen MR) is 87.6 cm³/mol. The molecule has 6 heteroatoms. The fourth-order valence-electron chi connectivity index (χ4n) is 1.71. The zero-order valence-corrected chi connectivity index (χ0v) is 14.1. The van der Waals surface area contributed by atoms with Crippen molar-refractivity contribution in [2.45, 2.75) is 26.2 Å². The van der Waals surface area contributed by atoms with Crippen LogP contribution < -0.4 is 5.32 Å². The number of hydrogen-bond donors (Lipinski definition) is 1. The summed E-state index contributed by atoms with van der Waals surface area (Å²) in [5.41, 5.74) is 1.12. The van der Waals surface area contributed by atoms with E-state index in [4.69, 9.17) is 11.6 Å². The molecule has 1 amide bonds. The Morgan fingerprint density at radius 1 is 1.50 bits per heavy atom. The maximum atomic E-state index is 11.5.